The highest BCUT2D eigenvalue weighted by Crippen LogP contribution is 2.28. The fourth-order valence-corrected chi connectivity index (χ4v) is 2.20. The molecule has 0 saturated carbocycles. The summed E-state index contributed by atoms with van der Waals surface area (Å²) in [4.78, 5) is 11.9. The molecule has 6 heteroatoms. The lowest BCUT2D eigenvalue weighted by atomic mass is 10.2. The van der Waals surface area contributed by atoms with Gasteiger partial charge >= 0.3 is 5.97 Å². The largest absolute Gasteiger partial charge is 0.494 e. The highest BCUT2D eigenvalue weighted by Gasteiger charge is 2.11. The van der Waals surface area contributed by atoms with Crippen molar-refractivity contribution < 1.29 is 19.0 Å². The van der Waals surface area contributed by atoms with Gasteiger partial charge in [0, 0.05) is 17.0 Å². The fraction of sp³-hybridized carbons (Fsp3) is 0.222. The standard InChI is InChI=1S/C18H16BrNO4/c1-22-17-11-13(12-20)4-9-16(17)24-18(21)3-2-10-23-15-7-5-14(19)6-8-15/h4-9,11H,2-3,10H2,1H3. The molecule has 0 bridgehead atoms. The smallest absolute Gasteiger partial charge is 0.311 e. The SMILES string of the molecule is COc1cc(C#N)ccc1OC(=O)CCCOc1ccc(Br)cc1. The summed E-state index contributed by atoms with van der Waals surface area (Å²) in [7, 11) is 1.46. The highest BCUT2D eigenvalue weighted by atomic mass is 79.9. The number of carbonyl (C=O) groups excluding carboxylic acids is 1. The van der Waals surface area contributed by atoms with E-state index in [-0.39, 0.29) is 12.4 Å². The van der Waals surface area contributed by atoms with Gasteiger partial charge in [0.2, 0.25) is 0 Å². The first-order valence-electron chi connectivity index (χ1n) is 7.29. The lowest BCUT2D eigenvalue weighted by molar-refractivity contribution is -0.134. The van der Waals surface area contributed by atoms with Gasteiger partial charge in [0.15, 0.2) is 11.5 Å². The first-order valence-corrected chi connectivity index (χ1v) is 8.09. The van der Waals surface area contributed by atoms with Gasteiger partial charge in [-0.2, -0.15) is 5.26 Å². The average molecular weight is 390 g/mol. The van der Waals surface area contributed by atoms with Crippen LogP contribution in [0.2, 0.25) is 0 Å². The Bertz CT molecular complexity index is 738. The lowest BCUT2D eigenvalue weighted by Crippen LogP contribution is -2.10. The molecule has 2 aromatic rings. The minimum Gasteiger partial charge on any atom is -0.494 e. The second-order valence-corrected chi connectivity index (χ2v) is 5.77. The number of nitrogens with zero attached hydrogens (tertiary/aromatic N) is 1. The molecule has 0 aliphatic carbocycles. The summed E-state index contributed by atoms with van der Waals surface area (Å²) in [6.07, 6.45) is 0.757. The Kier molecular flexibility index (Phi) is 6.64. The first kappa shape index (κ1) is 17.8. The van der Waals surface area contributed by atoms with Crippen LogP contribution in [0.25, 0.3) is 0 Å². The van der Waals surface area contributed by atoms with Crippen molar-refractivity contribution in [1.29, 1.82) is 5.26 Å². The summed E-state index contributed by atoms with van der Waals surface area (Å²) in [5, 5.41) is 8.85. The molecule has 0 aromatic heterocycles. The van der Waals surface area contributed by atoms with E-state index in [1.807, 2.05) is 30.3 Å². The van der Waals surface area contributed by atoms with E-state index in [1.165, 1.54) is 13.2 Å². The Balaban J connectivity index is 1.79. The molecular formula is C18H16BrNO4. The molecule has 0 heterocycles. The van der Waals surface area contributed by atoms with Gasteiger partial charge in [-0.15, -0.1) is 0 Å². The van der Waals surface area contributed by atoms with Crippen LogP contribution in [0.4, 0.5) is 0 Å². The summed E-state index contributed by atoms with van der Waals surface area (Å²) in [6.45, 7) is 0.418. The zero-order valence-corrected chi connectivity index (χ0v) is 14.7. The van der Waals surface area contributed by atoms with E-state index >= 15 is 0 Å². The van der Waals surface area contributed by atoms with Crippen LogP contribution in [0.15, 0.2) is 46.9 Å². The second kappa shape index (κ2) is 8.94. The van der Waals surface area contributed by atoms with Crippen molar-refractivity contribution in [3.8, 4) is 23.3 Å². The van der Waals surface area contributed by atoms with Gasteiger partial charge in [-0.3, -0.25) is 4.79 Å². The highest BCUT2D eigenvalue weighted by molar-refractivity contribution is 9.10. The van der Waals surface area contributed by atoms with E-state index < -0.39 is 0 Å². The number of methoxy groups -OCH3 is 1. The minimum absolute atomic E-state index is 0.222. The first-order chi connectivity index (χ1) is 11.6. The third-order valence-corrected chi connectivity index (χ3v) is 3.65. The van der Waals surface area contributed by atoms with Gasteiger partial charge in [-0.05, 0) is 42.8 Å². The van der Waals surface area contributed by atoms with E-state index in [0.717, 1.165) is 10.2 Å². The van der Waals surface area contributed by atoms with Crippen molar-refractivity contribution in [2.24, 2.45) is 0 Å². The summed E-state index contributed by atoms with van der Waals surface area (Å²) >= 11 is 3.35. The molecular weight excluding hydrogens is 374 g/mol. The maximum Gasteiger partial charge on any atom is 0.311 e. The Morgan fingerprint density at radius 1 is 1.17 bits per heavy atom. The topological polar surface area (TPSA) is 68.5 Å². The molecule has 0 spiro atoms. The van der Waals surface area contributed by atoms with Gasteiger partial charge < -0.3 is 14.2 Å². The van der Waals surface area contributed by atoms with Gasteiger partial charge in [0.1, 0.15) is 5.75 Å². The van der Waals surface area contributed by atoms with Crippen molar-refractivity contribution in [2.75, 3.05) is 13.7 Å². The van der Waals surface area contributed by atoms with Crippen molar-refractivity contribution in [2.45, 2.75) is 12.8 Å². The third kappa shape index (κ3) is 5.28. The van der Waals surface area contributed by atoms with Gasteiger partial charge in [0.25, 0.3) is 0 Å². The Labute approximate surface area is 148 Å². The van der Waals surface area contributed by atoms with E-state index in [0.29, 0.717) is 30.1 Å². The molecule has 24 heavy (non-hydrogen) atoms. The predicted molar refractivity (Wildman–Crippen MR) is 92.2 cm³/mol. The summed E-state index contributed by atoms with van der Waals surface area (Å²) in [5.74, 6) is 1.03. The van der Waals surface area contributed by atoms with Crippen molar-refractivity contribution in [3.63, 3.8) is 0 Å². The molecule has 2 rings (SSSR count). The average Bonchev–Trinajstić information content (AvgIpc) is 2.60. The molecule has 0 aliphatic heterocycles. The van der Waals surface area contributed by atoms with Crippen LogP contribution < -0.4 is 14.2 Å². The van der Waals surface area contributed by atoms with Crippen molar-refractivity contribution >= 4 is 21.9 Å². The zero-order valence-electron chi connectivity index (χ0n) is 13.1. The number of rotatable bonds is 7. The molecule has 0 unspecified atom stereocenters. The predicted octanol–water partition coefficient (Wildman–Crippen LogP) is 4.09. The van der Waals surface area contributed by atoms with Gasteiger partial charge in [0.05, 0.1) is 25.3 Å². The molecule has 124 valence electrons. The molecule has 5 nitrogen and oxygen atoms in total. The second-order valence-electron chi connectivity index (χ2n) is 4.86. The summed E-state index contributed by atoms with van der Waals surface area (Å²) in [6, 6.07) is 14.1. The summed E-state index contributed by atoms with van der Waals surface area (Å²) in [5.41, 5.74) is 0.439. The molecule has 0 amide bonds. The molecule has 0 fully saturated rings. The van der Waals surface area contributed by atoms with E-state index in [4.69, 9.17) is 19.5 Å². The number of hydrogen-bond acceptors (Lipinski definition) is 5. The molecule has 0 aliphatic rings. The van der Waals surface area contributed by atoms with Crippen LogP contribution in [0, 0.1) is 11.3 Å². The third-order valence-electron chi connectivity index (χ3n) is 3.12. The van der Waals surface area contributed by atoms with Gasteiger partial charge in [-0.1, -0.05) is 15.9 Å². The van der Waals surface area contributed by atoms with Crippen LogP contribution in [-0.4, -0.2) is 19.7 Å². The number of hydrogen-bond donors (Lipinski definition) is 0. The Morgan fingerprint density at radius 3 is 2.58 bits per heavy atom. The maximum absolute atomic E-state index is 11.9. The van der Waals surface area contributed by atoms with Crippen LogP contribution >= 0.6 is 15.9 Å². The molecule has 0 radical (unpaired) electrons. The van der Waals surface area contributed by atoms with E-state index in [9.17, 15) is 4.79 Å². The van der Waals surface area contributed by atoms with Crippen LogP contribution in [0.1, 0.15) is 18.4 Å². The molecule has 0 saturated heterocycles. The minimum atomic E-state index is -0.377. The number of nitriles is 1. The number of carbonyl (C=O) groups is 1. The fourth-order valence-electron chi connectivity index (χ4n) is 1.93. The number of halogens is 1. The van der Waals surface area contributed by atoms with Crippen LogP contribution in [0.3, 0.4) is 0 Å². The van der Waals surface area contributed by atoms with Crippen molar-refractivity contribution in [1.82, 2.24) is 0 Å². The normalized spacial score (nSPS) is 9.88. The quantitative estimate of drug-likeness (QED) is 0.405. The van der Waals surface area contributed by atoms with E-state index in [2.05, 4.69) is 15.9 Å². The van der Waals surface area contributed by atoms with Crippen LogP contribution in [-0.2, 0) is 4.79 Å². The number of esters is 1. The Hall–Kier alpha value is -2.52. The molecule has 0 atom stereocenters. The van der Waals surface area contributed by atoms with Crippen LogP contribution in [0.5, 0.6) is 17.2 Å². The maximum atomic E-state index is 11.9. The molecule has 2 aromatic carbocycles. The Morgan fingerprint density at radius 2 is 1.92 bits per heavy atom. The number of ether oxygens (including phenoxy) is 3. The lowest BCUT2D eigenvalue weighted by Gasteiger charge is -2.09. The zero-order chi connectivity index (χ0) is 17.4. The summed E-state index contributed by atoms with van der Waals surface area (Å²) < 4.78 is 16.9. The number of benzene rings is 2. The van der Waals surface area contributed by atoms with Crippen molar-refractivity contribution in [3.05, 3.63) is 52.5 Å². The van der Waals surface area contributed by atoms with Gasteiger partial charge in [-0.25, -0.2) is 0 Å². The molecule has 0 N–H and O–H groups in total. The van der Waals surface area contributed by atoms with E-state index in [1.54, 1.807) is 12.1 Å². The monoisotopic (exact) mass is 389 g/mol.